The Morgan fingerprint density at radius 3 is 2.36 bits per heavy atom. The maximum atomic E-state index is 13.7. The highest BCUT2D eigenvalue weighted by atomic mass is 127. The van der Waals surface area contributed by atoms with Gasteiger partial charge in [-0.1, -0.05) is 24.3 Å². The summed E-state index contributed by atoms with van der Waals surface area (Å²) in [5.41, 5.74) is 0.522. The second kappa shape index (κ2) is 8.89. The zero-order valence-electron chi connectivity index (χ0n) is 13.4. The van der Waals surface area contributed by atoms with E-state index in [4.69, 9.17) is 4.74 Å². The van der Waals surface area contributed by atoms with Gasteiger partial charge in [-0.25, -0.2) is 13.6 Å². The van der Waals surface area contributed by atoms with E-state index in [2.05, 4.69) is 27.9 Å². The number of rotatable bonds is 6. The molecule has 0 radical (unpaired) electrons. The largest absolute Gasteiger partial charge is 0.467 e. The van der Waals surface area contributed by atoms with Crippen molar-refractivity contribution in [3.8, 4) is 0 Å². The monoisotopic (exact) mass is 459 g/mol. The molecule has 0 unspecified atom stereocenters. The Morgan fingerprint density at radius 2 is 1.76 bits per heavy atom. The van der Waals surface area contributed by atoms with Crippen LogP contribution in [-0.4, -0.2) is 25.0 Å². The average molecular weight is 459 g/mol. The summed E-state index contributed by atoms with van der Waals surface area (Å²) >= 11 is 2.13. The summed E-state index contributed by atoms with van der Waals surface area (Å²) in [5, 5.41) is 2.50. The van der Waals surface area contributed by atoms with E-state index in [9.17, 15) is 18.4 Å². The second-order valence-electron chi connectivity index (χ2n) is 5.32. The molecule has 7 heteroatoms. The molecule has 0 spiro atoms. The molecule has 25 heavy (non-hydrogen) atoms. The lowest BCUT2D eigenvalue weighted by atomic mass is 10.0. The quantitative estimate of drug-likeness (QED) is 0.534. The maximum absolute atomic E-state index is 13.7. The Balaban J connectivity index is 2.13. The number of hydrogen-bond donors (Lipinski definition) is 1. The van der Waals surface area contributed by atoms with E-state index in [0.29, 0.717) is 0 Å². The lowest BCUT2D eigenvalue weighted by Gasteiger charge is -2.17. The zero-order chi connectivity index (χ0) is 18.4. The highest BCUT2D eigenvalue weighted by Crippen LogP contribution is 2.15. The van der Waals surface area contributed by atoms with E-state index in [-0.39, 0.29) is 12.0 Å². The average Bonchev–Trinajstić information content (AvgIpc) is 2.59. The van der Waals surface area contributed by atoms with Gasteiger partial charge in [-0.05, 0) is 46.4 Å². The third kappa shape index (κ3) is 5.22. The normalized spacial score (nSPS) is 11.7. The van der Waals surface area contributed by atoms with Crippen molar-refractivity contribution in [1.29, 1.82) is 0 Å². The molecule has 2 rings (SSSR count). The van der Waals surface area contributed by atoms with Crippen LogP contribution in [0, 0.1) is 15.2 Å². The van der Waals surface area contributed by atoms with Crippen molar-refractivity contribution in [2.24, 2.45) is 0 Å². The zero-order valence-corrected chi connectivity index (χ0v) is 15.5. The Morgan fingerprint density at radius 1 is 1.12 bits per heavy atom. The van der Waals surface area contributed by atoms with E-state index in [1.165, 1.54) is 13.2 Å². The van der Waals surface area contributed by atoms with E-state index in [1.807, 2.05) is 24.3 Å². The minimum Gasteiger partial charge on any atom is -0.467 e. The van der Waals surface area contributed by atoms with Gasteiger partial charge in [0.05, 0.1) is 13.5 Å². The van der Waals surface area contributed by atoms with Crippen molar-refractivity contribution in [2.75, 3.05) is 7.11 Å². The van der Waals surface area contributed by atoms with E-state index >= 15 is 0 Å². The van der Waals surface area contributed by atoms with Gasteiger partial charge in [-0.2, -0.15) is 0 Å². The molecule has 0 saturated heterocycles. The summed E-state index contributed by atoms with van der Waals surface area (Å²) < 4.78 is 33.0. The first-order valence-corrected chi connectivity index (χ1v) is 8.53. The Bertz CT molecular complexity index is 762. The third-order valence-corrected chi connectivity index (χ3v) is 4.65. The van der Waals surface area contributed by atoms with Crippen LogP contribution in [0.3, 0.4) is 0 Å². The summed E-state index contributed by atoms with van der Waals surface area (Å²) in [5.74, 6) is -2.89. The number of carbonyl (C=O) groups is 2. The molecule has 2 aromatic rings. The molecular formula is C18H16F2INO3. The lowest BCUT2D eigenvalue weighted by molar-refractivity contribution is -0.145. The Kier molecular flexibility index (Phi) is 6.86. The van der Waals surface area contributed by atoms with Gasteiger partial charge in [0.2, 0.25) is 5.91 Å². The topological polar surface area (TPSA) is 55.4 Å². The number of halogens is 3. The Hall–Kier alpha value is -2.03. The van der Waals surface area contributed by atoms with Gasteiger partial charge in [0, 0.05) is 15.6 Å². The van der Waals surface area contributed by atoms with Crippen molar-refractivity contribution >= 4 is 34.5 Å². The molecular weight excluding hydrogens is 443 g/mol. The van der Waals surface area contributed by atoms with Crippen LogP contribution in [-0.2, 0) is 27.2 Å². The minimum absolute atomic E-state index is 0.220. The number of nitrogens with one attached hydrogen (secondary N) is 1. The van der Waals surface area contributed by atoms with E-state index in [0.717, 1.165) is 21.3 Å². The van der Waals surface area contributed by atoms with Gasteiger partial charge in [-0.15, -0.1) is 0 Å². The van der Waals surface area contributed by atoms with E-state index in [1.54, 1.807) is 0 Å². The van der Waals surface area contributed by atoms with Crippen LogP contribution in [0.15, 0.2) is 42.5 Å². The van der Waals surface area contributed by atoms with Crippen LogP contribution in [0.4, 0.5) is 8.78 Å². The molecule has 0 aromatic heterocycles. The first-order valence-electron chi connectivity index (χ1n) is 7.46. The molecule has 0 heterocycles. The highest BCUT2D eigenvalue weighted by Gasteiger charge is 2.24. The summed E-state index contributed by atoms with van der Waals surface area (Å²) in [4.78, 5) is 24.1. The predicted molar refractivity (Wildman–Crippen MR) is 96.9 cm³/mol. The first-order chi connectivity index (χ1) is 11.9. The molecule has 0 fully saturated rings. The van der Waals surface area contributed by atoms with Crippen LogP contribution in [0.1, 0.15) is 11.1 Å². The van der Waals surface area contributed by atoms with Gasteiger partial charge < -0.3 is 10.1 Å². The molecule has 0 aliphatic rings. The molecule has 2 aromatic carbocycles. The fraction of sp³-hybridized carbons (Fsp3) is 0.222. The molecule has 0 saturated carbocycles. The summed E-state index contributed by atoms with van der Waals surface area (Å²) in [6.07, 6.45) is -0.283. The SMILES string of the molecule is COC(=O)[C@H](Cc1ccccc1I)NC(=O)Cc1c(F)cccc1F. The molecule has 0 aliphatic carbocycles. The van der Waals surface area contributed by atoms with Crippen molar-refractivity contribution < 1.29 is 23.1 Å². The van der Waals surface area contributed by atoms with Crippen molar-refractivity contribution in [3.05, 3.63) is 68.8 Å². The van der Waals surface area contributed by atoms with Crippen LogP contribution >= 0.6 is 22.6 Å². The standard InChI is InChI=1S/C18H16F2INO3/c1-25-18(24)16(9-11-5-2-3-8-15(11)21)22-17(23)10-12-13(19)6-4-7-14(12)20/h2-8,16H,9-10H2,1H3,(H,22,23)/t16-/m0/s1. The molecule has 1 atom stereocenters. The molecule has 132 valence electrons. The summed E-state index contributed by atoms with van der Waals surface area (Å²) in [7, 11) is 1.22. The number of hydrogen-bond acceptors (Lipinski definition) is 3. The number of ether oxygens (including phenoxy) is 1. The van der Waals surface area contributed by atoms with Crippen LogP contribution in [0.25, 0.3) is 0 Å². The molecule has 0 aliphatic heterocycles. The maximum Gasteiger partial charge on any atom is 0.328 e. The van der Waals surface area contributed by atoms with Gasteiger partial charge in [-0.3, -0.25) is 4.79 Å². The van der Waals surface area contributed by atoms with Crippen LogP contribution < -0.4 is 5.32 Å². The van der Waals surface area contributed by atoms with Gasteiger partial charge >= 0.3 is 5.97 Å². The van der Waals surface area contributed by atoms with Crippen LogP contribution in [0.2, 0.25) is 0 Å². The number of esters is 1. The predicted octanol–water partition coefficient (Wildman–Crippen LogP) is 3.01. The van der Waals surface area contributed by atoms with E-state index < -0.39 is 36.0 Å². The number of benzene rings is 2. The molecule has 4 nitrogen and oxygen atoms in total. The van der Waals surface area contributed by atoms with Gasteiger partial charge in [0.25, 0.3) is 0 Å². The van der Waals surface area contributed by atoms with Crippen molar-refractivity contribution in [2.45, 2.75) is 18.9 Å². The fourth-order valence-electron chi connectivity index (χ4n) is 2.33. The smallest absolute Gasteiger partial charge is 0.328 e. The molecule has 0 bridgehead atoms. The second-order valence-corrected chi connectivity index (χ2v) is 6.48. The van der Waals surface area contributed by atoms with Crippen molar-refractivity contribution in [3.63, 3.8) is 0 Å². The van der Waals surface area contributed by atoms with Crippen LogP contribution in [0.5, 0.6) is 0 Å². The lowest BCUT2D eigenvalue weighted by Crippen LogP contribution is -2.44. The molecule has 1 N–H and O–H groups in total. The Labute approximate surface area is 157 Å². The van der Waals surface area contributed by atoms with Gasteiger partial charge in [0.1, 0.15) is 17.7 Å². The number of amides is 1. The number of carbonyl (C=O) groups excluding carboxylic acids is 2. The third-order valence-electron chi connectivity index (χ3n) is 3.60. The molecule has 1 amide bonds. The number of methoxy groups -OCH3 is 1. The first kappa shape index (κ1) is 19.3. The summed E-state index contributed by atoms with van der Waals surface area (Å²) in [6, 6.07) is 9.83. The summed E-state index contributed by atoms with van der Waals surface area (Å²) in [6.45, 7) is 0. The fourth-order valence-corrected chi connectivity index (χ4v) is 2.93. The van der Waals surface area contributed by atoms with Crippen molar-refractivity contribution in [1.82, 2.24) is 5.32 Å². The van der Waals surface area contributed by atoms with Gasteiger partial charge in [0.15, 0.2) is 0 Å². The highest BCUT2D eigenvalue weighted by molar-refractivity contribution is 14.1. The minimum atomic E-state index is -0.941.